The minimum atomic E-state index is -0.559. The highest BCUT2D eigenvalue weighted by Crippen LogP contribution is 2.34. The molecule has 3 fully saturated rings. The van der Waals surface area contributed by atoms with E-state index < -0.39 is 5.41 Å². The number of rotatable bonds is 5. The summed E-state index contributed by atoms with van der Waals surface area (Å²) >= 11 is 0. The van der Waals surface area contributed by atoms with E-state index in [1.54, 1.807) is 0 Å². The molecule has 3 aliphatic heterocycles. The molecule has 3 saturated heterocycles. The number of hydrogen-bond donors (Lipinski definition) is 1. The SMILES string of the molecule is CN(C)C1CCCN(C(=O)CC2(C(=O)N3CCCC(N(C)C)C3)CCNC2)C1.Cl.Cl.Cl. The van der Waals surface area contributed by atoms with Gasteiger partial charge >= 0.3 is 0 Å². The molecule has 3 rings (SSSR count). The second-order valence-electron chi connectivity index (χ2n) is 9.49. The van der Waals surface area contributed by atoms with Crippen molar-refractivity contribution in [2.75, 3.05) is 67.5 Å². The molecule has 0 aromatic carbocycles. The number of nitrogens with one attached hydrogen (secondary N) is 1. The number of carbonyl (C=O) groups is 2. The molecule has 1 N–H and O–H groups in total. The lowest BCUT2D eigenvalue weighted by Crippen LogP contribution is -2.55. The van der Waals surface area contributed by atoms with Crippen molar-refractivity contribution >= 4 is 49.0 Å². The summed E-state index contributed by atoms with van der Waals surface area (Å²) in [7, 11) is 8.35. The van der Waals surface area contributed by atoms with Crippen LogP contribution in [-0.4, -0.2) is 111 Å². The number of carbonyl (C=O) groups excluding carboxylic acids is 2. The van der Waals surface area contributed by atoms with Gasteiger partial charge in [-0.2, -0.15) is 0 Å². The van der Waals surface area contributed by atoms with Gasteiger partial charge in [0.1, 0.15) is 0 Å². The lowest BCUT2D eigenvalue weighted by molar-refractivity contribution is -0.149. The molecule has 0 aromatic rings. The fraction of sp³-hybridized carbons (Fsp3) is 0.905. The van der Waals surface area contributed by atoms with Gasteiger partial charge in [-0.1, -0.05) is 0 Å². The van der Waals surface area contributed by atoms with Crippen molar-refractivity contribution in [3.8, 4) is 0 Å². The first-order valence-electron chi connectivity index (χ1n) is 10.9. The Hall–Kier alpha value is -0.310. The third-order valence-electron chi connectivity index (χ3n) is 7.08. The summed E-state index contributed by atoms with van der Waals surface area (Å²) in [6.07, 6.45) is 5.49. The molecule has 184 valence electrons. The third kappa shape index (κ3) is 7.34. The number of nitrogens with zero attached hydrogens (tertiary/aromatic N) is 4. The van der Waals surface area contributed by atoms with Crippen LogP contribution >= 0.6 is 37.2 Å². The summed E-state index contributed by atoms with van der Waals surface area (Å²) in [6.45, 7) is 4.68. The van der Waals surface area contributed by atoms with Crippen LogP contribution in [0.1, 0.15) is 38.5 Å². The molecule has 7 nitrogen and oxygen atoms in total. The van der Waals surface area contributed by atoms with Crippen LogP contribution in [0.15, 0.2) is 0 Å². The van der Waals surface area contributed by atoms with Crippen LogP contribution in [0.5, 0.6) is 0 Å². The van der Waals surface area contributed by atoms with Crippen LogP contribution in [0.25, 0.3) is 0 Å². The number of amides is 2. The van der Waals surface area contributed by atoms with E-state index in [0.717, 1.165) is 64.8 Å². The molecule has 3 atom stereocenters. The first-order chi connectivity index (χ1) is 13.3. The minimum Gasteiger partial charge on any atom is -0.341 e. The molecule has 0 aromatic heterocycles. The molecule has 0 spiro atoms. The van der Waals surface area contributed by atoms with Gasteiger partial charge in [0.2, 0.25) is 11.8 Å². The van der Waals surface area contributed by atoms with Crippen LogP contribution in [0.4, 0.5) is 0 Å². The van der Waals surface area contributed by atoms with Crippen LogP contribution in [0.2, 0.25) is 0 Å². The van der Waals surface area contributed by atoms with E-state index in [-0.39, 0.29) is 49.0 Å². The van der Waals surface area contributed by atoms with E-state index in [2.05, 4.69) is 43.3 Å². The van der Waals surface area contributed by atoms with E-state index >= 15 is 0 Å². The minimum absolute atomic E-state index is 0. The Balaban J connectivity index is 0.00000300. The Bertz CT molecular complexity index is 573. The van der Waals surface area contributed by atoms with Crippen molar-refractivity contribution < 1.29 is 9.59 Å². The Kier molecular flexibility index (Phi) is 13.3. The van der Waals surface area contributed by atoms with Crippen LogP contribution in [0, 0.1) is 5.41 Å². The molecule has 10 heteroatoms. The van der Waals surface area contributed by atoms with E-state index in [9.17, 15) is 9.59 Å². The van der Waals surface area contributed by atoms with Crippen LogP contribution < -0.4 is 5.32 Å². The zero-order chi connectivity index (χ0) is 20.3. The molecule has 0 radical (unpaired) electrons. The van der Waals surface area contributed by atoms with Crippen LogP contribution in [-0.2, 0) is 9.59 Å². The van der Waals surface area contributed by atoms with Gasteiger partial charge in [-0.3, -0.25) is 9.59 Å². The van der Waals surface area contributed by atoms with Gasteiger partial charge in [0.05, 0.1) is 5.41 Å². The predicted molar refractivity (Wildman–Crippen MR) is 133 cm³/mol. The average Bonchev–Trinajstić information content (AvgIpc) is 3.17. The maximum absolute atomic E-state index is 13.6. The van der Waals surface area contributed by atoms with E-state index in [1.165, 1.54) is 0 Å². The van der Waals surface area contributed by atoms with Crippen molar-refractivity contribution in [1.82, 2.24) is 24.9 Å². The number of halogens is 3. The third-order valence-corrected chi connectivity index (χ3v) is 7.08. The normalized spacial score (nSPS) is 28.6. The summed E-state index contributed by atoms with van der Waals surface area (Å²) in [4.78, 5) is 35.2. The summed E-state index contributed by atoms with van der Waals surface area (Å²) in [5, 5.41) is 3.37. The highest BCUT2D eigenvalue weighted by Gasteiger charge is 2.47. The number of hydrogen-bond acceptors (Lipinski definition) is 5. The van der Waals surface area contributed by atoms with Crippen molar-refractivity contribution in [3.05, 3.63) is 0 Å². The number of likely N-dealkylation sites (N-methyl/N-ethyl adjacent to an activating group) is 2. The molecule has 3 unspecified atom stereocenters. The second-order valence-corrected chi connectivity index (χ2v) is 9.49. The molecular formula is C21H42Cl3N5O2. The zero-order valence-corrected chi connectivity index (χ0v) is 21.9. The van der Waals surface area contributed by atoms with Gasteiger partial charge in [0.25, 0.3) is 0 Å². The predicted octanol–water partition coefficient (Wildman–Crippen LogP) is 1.73. The molecule has 2 amide bonds. The monoisotopic (exact) mass is 501 g/mol. The molecule has 0 aliphatic carbocycles. The summed E-state index contributed by atoms with van der Waals surface area (Å²) in [5.74, 6) is 0.350. The van der Waals surface area contributed by atoms with Crippen LogP contribution in [0.3, 0.4) is 0 Å². The van der Waals surface area contributed by atoms with Gasteiger partial charge in [0.15, 0.2) is 0 Å². The highest BCUT2D eigenvalue weighted by molar-refractivity contribution is 5.90. The summed E-state index contributed by atoms with van der Waals surface area (Å²) in [5.41, 5.74) is -0.559. The first-order valence-corrected chi connectivity index (χ1v) is 10.9. The molecule has 3 heterocycles. The fourth-order valence-electron chi connectivity index (χ4n) is 5.05. The largest absolute Gasteiger partial charge is 0.341 e. The lowest BCUT2D eigenvalue weighted by atomic mass is 9.80. The van der Waals surface area contributed by atoms with Crippen molar-refractivity contribution in [2.45, 2.75) is 50.6 Å². The Morgan fingerprint density at radius 1 is 0.903 bits per heavy atom. The standard InChI is InChI=1S/C21H39N5O2.3ClH/c1-23(2)17-7-5-11-25(14-17)19(27)13-21(9-10-22-16-21)20(28)26-12-6-8-18(15-26)24(3)4;;;/h17-18,22H,5-16H2,1-4H3;3*1H. The molecule has 0 bridgehead atoms. The Morgan fingerprint density at radius 2 is 1.42 bits per heavy atom. The first kappa shape index (κ1) is 30.7. The molecular weight excluding hydrogens is 461 g/mol. The molecule has 31 heavy (non-hydrogen) atoms. The fourth-order valence-corrected chi connectivity index (χ4v) is 5.05. The highest BCUT2D eigenvalue weighted by atomic mass is 35.5. The van der Waals surface area contributed by atoms with Gasteiger partial charge in [-0.25, -0.2) is 0 Å². The van der Waals surface area contributed by atoms with Gasteiger partial charge < -0.3 is 24.9 Å². The van der Waals surface area contributed by atoms with Crippen molar-refractivity contribution in [1.29, 1.82) is 0 Å². The topological polar surface area (TPSA) is 59.1 Å². The van der Waals surface area contributed by atoms with E-state index in [0.29, 0.717) is 25.0 Å². The van der Waals surface area contributed by atoms with Crippen molar-refractivity contribution in [3.63, 3.8) is 0 Å². The lowest BCUT2D eigenvalue weighted by Gasteiger charge is -2.41. The van der Waals surface area contributed by atoms with Gasteiger partial charge in [-0.15, -0.1) is 37.2 Å². The Labute approximate surface area is 206 Å². The molecule has 3 aliphatic rings. The van der Waals surface area contributed by atoms with Gasteiger partial charge in [0, 0.05) is 51.2 Å². The maximum atomic E-state index is 13.6. The number of likely N-dealkylation sites (tertiary alicyclic amines) is 2. The quantitative estimate of drug-likeness (QED) is 0.620. The second kappa shape index (κ2) is 13.4. The summed E-state index contributed by atoms with van der Waals surface area (Å²) in [6, 6.07) is 0.844. The van der Waals surface area contributed by atoms with Crippen molar-refractivity contribution in [2.24, 2.45) is 5.41 Å². The maximum Gasteiger partial charge on any atom is 0.230 e. The summed E-state index contributed by atoms with van der Waals surface area (Å²) < 4.78 is 0. The Morgan fingerprint density at radius 3 is 1.90 bits per heavy atom. The van der Waals surface area contributed by atoms with E-state index in [1.807, 2.05) is 9.80 Å². The average molecular weight is 503 g/mol. The van der Waals surface area contributed by atoms with Gasteiger partial charge in [-0.05, 0) is 66.8 Å². The van der Waals surface area contributed by atoms with E-state index in [4.69, 9.17) is 0 Å². The zero-order valence-electron chi connectivity index (χ0n) is 19.5. The number of piperidine rings is 2. The smallest absolute Gasteiger partial charge is 0.230 e. The molecule has 0 saturated carbocycles.